The average Bonchev–Trinajstić information content (AvgIpc) is 3.33. The van der Waals surface area contributed by atoms with E-state index >= 15 is 0 Å². The number of benzene rings is 3. The van der Waals surface area contributed by atoms with Gasteiger partial charge in [0.05, 0.1) is 22.5 Å². The van der Waals surface area contributed by atoms with Crippen LogP contribution in [0.25, 0.3) is 22.5 Å². The standard InChI is InChI=1S/C26H23F3N4O2/c27-26(28,29)35-23-13-7-12-20(25(34)31-19(16-30)14-17-8-3-1-4-9-17)24(23)22-15-21(32-33-22)18-10-5-2-6-11-18/h1-13,15,19H,14,16,30H2,(H,31,34)(H,32,33)/t19-/m1/s1. The first kappa shape index (κ1) is 24.0. The number of carbonyl (C=O) groups excluding carboxylic acids is 1. The van der Waals surface area contributed by atoms with Gasteiger partial charge in [-0.2, -0.15) is 5.10 Å². The summed E-state index contributed by atoms with van der Waals surface area (Å²) >= 11 is 0. The van der Waals surface area contributed by atoms with Gasteiger partial charge < -0.3 is 15.8 Å². The minimum absolute atomic E-state index is 0.00984. The second-order valence-corrected chi connectivity index (χ2v) is 7.86. The molecule has 0 spiro atoms. The molecule has 6 nitrogen and oxygen atoms in total. The molecule has 0 aliphatic carbocycles. The summed E-state index contributed by atoms with van der Waals surface area (Å²) in [6, 6.07) is 23.7. The fourth-order valence-electron chi connectivity index (χ4n) is 3.76. The number of amides is 1. The molecule has 180 valence electrons. The fourth-order valence-corrected chi connectivity index (χ4v) is 3.76. The number of hydrogen-bond donors (Lipinski definition) is 3. The number of carbonyl (C=O) groups is 1. The maximum atomic E-state index is 13.3. The van der Waals surface area contributed by atoms with E-state index in [1.807, 2.05) is 60.7 Å². The van der Waals surface area contributed by atoms with Gasteiger partial charge in [-0.25, -0.2) is 0 Å². The quantitative estimate of drug-likeness (QED) is 0.333. The van der Waals surface area contributed by atoms with Gasteiger partial charge in [0, 0.05) is 12.6 Å². The molecule has 4 N–H and O–H groups in total. The Balaban J connectivity index is 1.70. The first-order chi connectivity index (χ1) is 16.8. The third-order valence-electron chi connectivity index (χ3n) is 5.36. The lowest BCUT2D eigenvalue weighted by Gasteiger charge is -2.19. The van der Waals surface area contributed by atoms with Crippen LogP contribution in [0.15, 0.2) is 84.9 Å². The summed E-state index contributed by atoms with van der Waals surface area (Å²) in [4.78, 5) is 13.3. The summed E-state index contributed by atoms with van der Waals surface area (Å²) in [6.07, 6.45) is -4.48. The van der Waals surface area contributed by atoms with Gasteiger partial charge in [-0.3, -0.25) is 9.89 Å². The third-order valence-corrected chi connectivity index (χ3v) is 5.36. The first-order valence-corrected chi connectivity index (χ1v) is 10.9. The molecule has 1 amide bonds. The number of ether oxygens (including phenoxy) is 1. The topological polar surface area (TPSA) is 93.0 Å². The molecule has 0 saturated carbocycles. The molecule has 9 heteroatoms. The van der Waals surface area contributed by atoms with Gasteiger partial charge in [0.2, 0.25) is 0 Å². The van der Waals surface area contributed by atoms with Gasteiger partial charge in [0.15, 0.2) is 0 Å². The summed E-state index contributed by atoms with van der Waals surface area (Å²) in [5.41, 5.74) is 8.27. The Morgan fingerprint density at radius 2 is 1.69 bits per heavy atom. The molecule has 4 rings (SSSR count). The molecular weight excluding hydrogens is 457 g/mol. The molecule has 0 fully saturated rings. The number of rotatable bonds is 8. The second-order valence-electron chi connectivity index (χ2n) is 7.86. The lowest BCUT2D eigenvalue weighted by Crippen LogP contribution is -2.41. The predicted octanol–water partition coefficient (Wildman–Crippen LogP) is 4.94. The maximum absolute atomic E-state index is 13.3. The summed E-state index contributed by atoms with van der Waals surface area (Å²) in [6.45, 7) is 0.148. The monoisotopic (exact) mass is 480 g/mol. The van der Waals surface area contributed by atoms with Crippen LogP contribution in [-0.4, -0.2) is 35.1 Å². The largest absolute Gasteiger partial charge is 0.573 e. The zero-order valence-corrected chi connectivity index (χ0v) is 18.5. The van der Waals surface area contributed by atoms with Gasteiger partial charge in [-0.15, -0.1) is 13.2 Å². The number of alkyl halides is 3. The summed E-state index contributed by atoms with van der Waals surface area (Å²) < 4.78 is 43.8. The van der Waals surface area contributed by atoms with Crippen molar-refractivity contribution in [1.82, 2.24) is 15.5 Å². The van der Waals surface area contributed by atoms with E-state index in [0.29, 0.717) is 12.1 Å². The first-order valence-electron chi connectivity index (χ1n) is 10.9. The van der Waals surface area contributed by atoms with Crippen molar-refractivity contribution in [3.05, 3.63) is 96.1 Å². The van der Waals surface area contributed by atoms with Crippen molar-refractivity contribution in [2.75, 3.05) is 6.54 Å². The highest BCUT2D eigenvalue weighted by Crippen LogP contribution is 2.37. The molecule has 0 unspecified atom stereocenters. The van der Waals surface area contributed by atoms with Crippen LogP contribution < -0.4 is 15.8 Å². The van der Waals surface area contributed by atoms with Crippen molar-refractivity contribution < 1.29 is 22.7 Å². The van der Waals surface area contributed by atoms with E-state index in [2.05, 4.69) is 20.3 Å². The van der Waals surface area contributed by atoms with Gasteiger partial charge >= 0.3 is 6.36 Å². The van der Waals surface area contributed by atoms with Crippen molar-refractivity contribution in [2.24, 2.45) is 5.73 Å². The Morgan fingerprint density at radius 1 is 1.00 bits per heavy atom. The molecule has 0 saturated heterocycles. The molecular formula is C26H23F3N4O2. The molecule has 4 aromatic rings. The molecule has 0 aliphatic rings. The Morgan fingerprint density at radius 3 is 2.34 bits per heavy atom. The van der Waals surface area contributed by atoms with Gasteiger partial charge in [-0.05, 0) is 35.7 Å². The fraction of sp³-hybridized carbons (Fsp3) is 0.154. The van der Waals surface area contributed by atoms with E-state index in [4.69, 9.17) is 5.73 Å². The van der Waals surface area contributed by atoms with Crippen molar-refractivity contribution in [2.45, 2.75) is 18.8 Å². The number of halogens is 3. The lowest BCUT2D eigenvalue weighted by atomic mass is 10.00. The number of aromatic amines is 1. The van der Waals surface area contributed by atoms with Gasteiger partial charge in [0.1, 0.15) is 5.75 Å². The molecule has 1 heterocycles. The van der Waals surface area contributed by atoms with Crippen LogP contribution in [0.5, 0.6) is 5.75 Å². The Kier molecular flexibility index (Phi) is 7.17. The van der Waals surface area contributed by atoms with Crippen molar-refractivity contribution in [3.63, 3.8) is 0 Å². The number of nitrogens with zero attached hydrogens (tertiary/aromatic N) is 1. The third kappa shape index (κ3) is 6.07. The van der Waals surface area contributed by atoms with Crippen molar-refractivity contribution in [1.29, 1.82) is 0 Å². The second kappa shape index (κ2) is 10.4. The van der Waals surface area contributed by atoms with Gasteiger partial charge in [0.25, 0.3) is 5.91 Å². The van der Waals surface area contributed by atoms with Crippen LogP contribution in [0.3, 0.4) is 0 Å². The van der Waals surface area contributed by atoms with Crippen LogP contribution in [0.1, 0.15) is 15.9 Å². The highest BCUT2D eigenvalue weighted by Gasteiger charge is 2.34. The zero-order chi connectivity index (χ0) is 24.8. The smallest absolute Gasteiger partial charge is 0.405 e. The molecule has 0 radical (unpaired) electrons. The Hall–Kier alpha value is -4.11. The molecule has 1 atom stereocenters. The van der Waals surface area contributed by atoms with Crippen LogP contribution in [0.4, 0.5) is 13.2 Å². The van der Waals surface area contributed by atoms with Crippen molar-refractivity contribution in [3.8, 4) is 28.3 Å². The Labute approximate surface area is 199 Å². The molecule has 1 aromatic heterocycles. The molecule has 0 bridgehead atoms. The van der Waals surface area contributed by atoms with Crippen LogP contribution in [-0.2, 0) is 6.42 Å². The highest BCUT2D eigenvalue weighted by molar-refractivity contribution is 6.02. The van der Waals surface area contributed by atoms with E-state index in [-0.39, 0.29) is 23.4 Å². The summed E-state index contributed by atoms with van der Waals surface area (Å²) in [5.74, 6) is -1.10. The summed E-state index contributed by atoms with van der Waals surface area (Å²) in [7, 11) is 0. The SMILES string of the molecule is NC[C@@H](Cc1ccccc1)NC(=O)c1cccc(OC(F)(F)F)c1-c1cc(-c2ccccc2)[nH]n1. The van der Waals surface area contributed by atoms with Crippen LogP contribution in [0.2, 0.25) is 0 Å². The average molecular weight is 480 g/mol. The number of hydrogen-bond acceptors (Lipinski definition) is 4. The van der Waals surface area contributed by atoms with Crippen LogP contribution >= 0.6 is 0 Å². The van der Waals surface area contributed by atoms with Gasteiger partial charge in [-0.1, -0.05) is 66.7 Å². The summed E-state index contributed by atoms with van der Waals surface area (Å²) in [5, 5.41) is 9.84. The minimum atomic E-state index is -4.95. The van der Waals surface area contributed by atoms with E-state index in [9.17, 15) is 18.0 Å². The number of H-pyrrole nitrogens is 1. The normalized spacial score (nSPS) is 12.2. The maximum Gasteiger partial charge on any atom is 0.573 e. The van der Waals surface area contributed by atoms with E-state index < -0.39 is 24.1 Å². The molecule has 35 heavy (non-hydrogen) atoms. The van der Waals surface area contributed by atoms with E-state index in [1.54, 1.807) is 6.07 Å². The van der Waals surface area contributed by atoms with E-state index in [1.165, 1.54) is 12.1 Å². The molecule has 0 aliphatic heterocycles. The number of nitrogens with two attached hydrogens (primary N) is 1. The Bertz CT molecular complexity index is 1270. The van der Waals surface area contributed by atoms with E-state index in [0.717, 1.165) is 17.2 Å². The van der Waals surface area contributed by atoms with Crippen LogP contribution in [0, 0.1) is 0 Å². The number of nitrogens with one attached hydrogen (secondary N) is 2. The number of aromatic nitrogens is 2. The minimum Gasteiger partial charge on any atom is -0.405 e. The molecule has 3 aromatic carbocycles. The predicted molar refractivity (Wildman–Crippen MR) is 127 cm³/mol. The zero-order valence-electron chi connectivity index (χ0n) is 18.5. The van der Waals surface area contributed by atoms with Crippen molar-refractivity contribution >= 4 is 5.91 Å². The lowest BCUT2D eigenvalue weighted by molar-refractivity contribution is -0.274. The highest BCUT2D eigenvalue weighted by atomic mass is 19.4.